The summed E-state index contributed by atoms with van der Waals surface area (Å²) in [5.41, 5.74) is 1.54. The molecule has 5 nitrogen and oxygen atoms in total. The molecule has 98 valence electrons. The first-order valence-electron chi connectivity index (χ1n) is 5.33. The third kappa shape index (κ3) is 3.07. The fourth-order valence-corrected chi connectivity index (χ4v) is 2.41. The van der Waals surface area contributed by atoms with Gasteiger partial charge in [0.1, 0.15) is 5.60 Å². The van der Waals surface area contributed by atoms with Gasteiger partial charge in [-0.15, -0.1) is 0 Å². The van der Waals surface area contributed by atoms with Gasteiger partial charge in [0.05, 0.1) is 22.2 Å². The Hall–Kier alpha value is -0.980. The number of hydrogen-bond acceptors (Lipinski definition) is 5. The molecule has 0 amide bonds. The summed E-state index contributed by atoms with van der Waals surface area (Å²) in [6.07, 6.45) is 2.23. The zero-order valence-electron chi connectivity index (χ0n) is 9.97. The largest absolute Gasteiger partial charge is 0.772 e. The highest BCUT2D eigenvalue weighted by molar-refractivity contribution is 7.78. The van der Waals surface area contributed by atoms with Gasteiger partial charge in [0.15, 0.2) is 0 Å². The average Bonchev–Trinajstić information content (AvgIpc) is 2.61. The van der Waals surface area contributed by atoms with E-state index in [0.29, 0.717) is 17.1 Å². The maximum absolute atomic E-state index is 10.6. The number of oxime groups is 1. The van der Waals surface area contributed by atoms with Crippen molar-refractivity contribution in [1.29, 1.82) is 0 Å². The monoisotopic (exact) mass is 287 g/mol. The van der Waals surface area contributed by atoms with Crippen LogP contribution in [0.3, 0.4) is 0 Å². The van der Waals surface area contributed by atoms with Crippen molar-refractivity contribution in [2.24, 2.45) is 5.16 Å². The molecule has 1 aliphatic rings. The molecule has 0 saturated heterocycles. The molecular weight excluding hydrogens is 276 g/mol. The highest BCUT2D eigenvalue weighted by atomic mass is 35.5. The molecule has 0 fully saturated rings. The van der Waals surface area contributed by atoms with Crippen molar-refractivity contribution in [3.8, 4) is 0 Å². The van der Waals surface area contributed by atoms with Gasteiger partial charge in [0.25, 0.3) is 0 Å². The van der Waals surface area contributed by atoms with E-state index in [1.165, 1.54) is 0 Å². The van der Waals surface area contributed by atoms with Gasteiger partial charge in [-0.05, 0) is 31.0 Å². The predicted octanol–water partition coefficient (Wildman–Crippen LogP) is 2.02. The summed E-state index contributed by atoms with van der Waals surface area (Å²) in [5.74, 6) is -0.187. The van der Waals surface area contributed by atoms with Crippen LogP contribution in [0.2, 0.25) is 5.02 Å². The van der Waals surface area contributed by atoms with Crippen molar-refractivity contribution in [3.63, 3.8) is 0 Å². The third-order valence-electron chi connectivity index (χ3n) is 2.50. The second-order valence-electron chi connectivity index (χ2n) is 4.67. The van der Waals surface area contributed by atoms with Crippen molar-refractivity contribution in [3.05, 3.63) is 28.5 Å². The number of halogens is 1. The number of hydrogen-bond donors (Lipinski definition) is 0. The van der Waals surface area contributed by atoms with Crippen molar-refractivity contribution in [2.45, 2.75) is 31.6 Å². The maximum atomic E-state index is 10.6. The summed E-state index contributed by atoms with van der Waals surface area (Å²) >= 11 is 3.79. The summed E-state index contributed by atoms with van der Waals surface area (Å²) < 4.78 is 21.2. The third-order valence-corrected chi connectivity index (χ3v) is 3.34. The first-order valence-corrected chi connectivity index (χ1v) is 6.95. The zero-order chi connectivity index (χ0) is 13.3. The molecule has 18 heavy (non-hydrogen) atoms. The molecule has 0 N–H and O–H groups in total. The van der Waals surface area contributed by atoms with Crippen LogP contribution in [-0.2, 0) is 21.7 Å². The first kappa shape index (κ1) is 13.5. The standard InChI is InChI=1S/C11H13ClN2O3S/c1-11(2)4-9(14-17-11)7-3-8(12)10(13-5-7)6-18(15)16/h3,5H,4,6H2,1-2H3,(H,15,16)/p-1. The first-order chi connectivity index (χ1) is 8.37. The highest BCUT2D eigenvalue weighted by Gasteiger charge is 2.29. The number of aromatic nitrogens is 1. The van der Waals surface area contributed by atoms with Gasteiger partial charge in [-0.3, -0.25) is 9.19 Å². The highest BCUT2D eigenvalue weighted by Crippen LogP contribution is 2.27. The van der Waals surface area contributed by atoms with Crippen LogP contribution in [0.4, 0.5) is 0 Å². The number of nitrogens with zero attached hydrogens (tertiary/aromatic N) is 2. The van der Waals surface area contributed by atoms with E-state index in [2.05, 4.69) is 10.1 Å². The van der Waals surface area contributed by atoms with E-state index in [1.807, 2.05) is 13.8 Å². The van der Waals surface area contributed by atoms with Gasteiger partial charge in [-0.2, -0.15) is 0 Å². The molecule has 7 heteroatoms. The van der Waals surface area contributed by atoms with E-state index in [0.717, 1.165) is 11.3 Å². The molecule has 2 heterocycles. The lowest BCUT2D eigenvalue weighted by Gasteiger charge is -2.13. The van der Waals surface area contributed by atoms with Crippen molar-refractivity contribution in [1.82, 2.24) is 4.98 Å². The van der Waals surface area contributed by atoms with E-state index in [1.54, 1.807) is 12.3 Å². The smallest absolute Gasteiger partial charge is 0.137 e. The van der Waals surface area contributed by atoms with Gasteiger partial charge in [-0.25, -0.2) is 0 Å². The Morgan fingerprint density at radius 2 is 2.33 bits per heavy atom. The molecule has 0 saturated carbocycles. The maximum Gasteiger partial charge on any atom is 0.137 e. The van der Waals surface area contributed by atoms with E-state index >= 15 is 0 Å². The topological polar surface area (TPSA) is 74.6 Å². The molecule has 1 aliphatic heterocycles. The molecule has 1 atom stereocenters. The van der Waals surface area contributed by atoms with Gasteiger partial charge in [-0.1, -0.05) is 16.8 Å². The molecule has 1 unspecified atom stereocenters. The lowest BCUT2D eigenvalue weighted by atomic mass is 9.99. The van der Waals surface area contributed by atoms with Crippen LogP contribution >= 0.6 is 11.6 Å². The minimum atomic E-state index is -2.20. The van der Waals surface area contributed by atoms with Gasteiger partial charge >= 0.3 is 0 Å². The van der Waals surface area contributed by atoms with E-state index in [4.69, 9.17) is 16.4 Å². The Balaban J connectivity index is 2.22. The van der Waals surface area contributed by atoms with E-state index in [9.17, 15) is 8.76 Å². The summed E-state index contributed by atoms with van der Waals surface area (Å²) in [5, 5.41) is 4.31. The molecule has 0 aliphatic carbocycles. The quantitative estimate of drug-likeness (QED) is 0.797. The molecule has 0 aromatic carbocycles. The molecule has 0 spiro atoms. The minimum absolute atomic E-state index is 0.187. The second-order valence-corrected chi connectivity index (χ2v) is 5.97. The van der Waals surface area contributed by atoms with Crippen LogP contribution in [0, 0.1) is 0 Å². The fourth-order valence-electron chi connectivity index (χ4n) is 1.64. The van der Waals surface area contributed by atoms with Crippen molar-refractivity contribution >= 4 is 28.4 Å². The van der Waals surface area contributed by atoms with Crippen LogP contribution in [0.15, 0.2) is 17.4 Å². The van der Waals surface area contributed by atoms with Crippen molar-refractivity contribution < 1.29 is 13.6 Å². The molecule has 0 bridgehead atoms. The normalized spacial score (nSPS) is 19.2. The molecule has 1 aromatic rings. The summed E-state index contributed by atoms with van der Waals surface area (Å²) in [7, 11) is 0. The SMILES string of the molecule is CC1(C)CC(c2cnc(CS(=O)[O-])c(Cl)c2)=NO1. The van der Waals surface area contributed by atoms with Gasteiger partial charge in [0, 0.05) is 18.2 Å². The molecular formula is C11H12ClN2O3S-. The molecule has 1 aromatic heterocycles. The lowest BCUT2D eigenvalue weighted by molar-refractivity contribution is 0.0123. The number of pyridine rings is 1. The summed E-state index contributed by atoms with van der Waals surface area (Å²) in [4.78, 5) is 9.31. The van der Waals surface area contributed by atoms with Crippen LogP contribution in [0.5, 0.6) is 0 Å². The fraction of sp³-hybridized carbons (Fsp3) is 0.455. The van der Waals surface area contributed by atoms with E-state index in [-0.39, 0.29) is 11.4 Å². The molecule has 0 radical (unpaired) electrons. The Bertz CT molecular complexity index is 531. The van der Waals surface area contributed by atoms with Gasteiger partial charge in [0.2, 0.25) is 0 Å². The predicted molar refractivity (Wildman–Crippen MR) is 68.2 cm³/mol. The number of rotatable bonds is 3. The average molecular weight is 288 g/mol. The summed E-state index contributed by atoms with van der Waals surface area (Å²) in [6, 6.07) is 1.67. The Kier molecular flexibility index (Phi) is 3.70. The summed E-state index contributed by atoms with van der Waals surface area (Å²) in [6.45, 7) is 3.88. The Labute approximate surface area is 112 Å². The van der Waals surface area contributed by atoms with Gasteiger partial charge < -0.3 is 9.39 Å². The van der Waals surface area contributed by atoms with Crippen LogP contribution in [0.25, 0.3) is 0 Å². The van der Waals surface area contributed by atoms with Crippen LogP contribution < -0.4 is 0 Å². The van der Waals surface area contributed by atoms with E-state index < -0.39 is 11.1 Å². The Morgan fingerprint density at radius 3 is 2.83 bits per heavy atom. The van der Waals surface area contributed by atoms with Crippen LogP contribution in [-0.4, -0.2) is 25.1 Å². The second kappa shape index (κ2) is 4.95. The lowest BCUT2D eigenvalue weighted by Crippen LogP contribution is -2.19. The zero-order valence-corrected chi connectivity index (χ0v) is 11.5. The van der Waals surface area contributed by atoms with Crippen LogP contribution in [0.1, 0.15) is 31.5 Å². The van der Waals surface area contributed by atoms with Crippen molar-refractivity contribution in [2.75, 3.05) is 0 Å². The Morgan fingerprint density at radius 1 is 1.61 bits per heavy atom. The minimum Gasteiger partial charge on any atom is -0.772 e. The molecule has 2 rings (SSSR count).